The van der Waals surface area contributed by atoms with Gasteiger partial charge < -0.3 is 25.0 Å². The van der Waals surface area contributed by atoms with Crippen molar-refractivity contribution in [2.24, 2.45) is 5.92 Å². The molecule has 0 spiro atoms. The molecule has 1 unspecified atom stereocenters. The molecule has 1 aliphatic carbocycles. The van der Waals surface area contributed by atoms with Crippen LogP contribution in [0.25, 0.3) is 0 Å². The number of rotatable bonds is 3. The van der Waals surface area contributed by atoms with Gasteiger partial charge in [-0.3, -0.25) is 9.59 Å². The van der Waals surface area contributed by atoms with Crippen molar-refractivity contribution in [3.63, 3.8) is 0 Å². The molecule has 9 nitrogen and oxygen atoms in total. The Morgan fingerprint density at radius 2 is 1.94 bits per heavy atom. The summed E-state index contributed by atoms with van der Waals surface area (Å²) in [5.74, 6) is -1.16. The van der Waals surface area contributed by atoms with Crippen LogP contribution in [0.1, 0.15) is 79.1 Å². The van der Waals surface area contributed by atoms with E-state index in [1.54, 1.807) is 32.6 Å². The Kier molecular flexibility index (Phi) is 8.25. The standard InChI is InChI=1S/C25H39N3O6/c1-5-33-22(31)25-16-17(25)12-9-7-6-8-10-13-18(26-23(32)34-24(2,3)4)21(30)28-15-11-14-19(28)20(29)27-25/h9,12,17-19H,5-8,10-11,13-16H2,1-4H3,(H,26,32)(H,27,29)/b12-9-/t17-,18+,19+,25?/m1/s1. The molecule has 1 saturated carbocycles. The number of esters is 1. The second-order valence-electron chi connectivity index (χ2n) is 10.4. The zero-order valence-corrected chi connectivity index (χ0v) is 20.9. The molecule has 0 bridgehead atoms. The van der Waals surface area contributed by atoms with Gasteiger partial charge in [-0.1, -0.05) is 25.0 Å². The summed E-state index contributed by atoms with van der Waals surface area (Å²) >= 11 is 0. The number of ether oxygens (including phenoxy) is 2. The van der Waals surface area contributed by atoms with E-state index in [0.29, 0.717) is 32.2 Å². The number of alkyl carbamates (subject to hydrolysis) is 1. The van der Waals surface area contributed by atoms with Crippen LogP contribution in [-0.2, 0) is 23.9 Å². The van der Waals surface area contributed by atoms with Crippen LogP contribution in [0.15, 0.2) is 12.2 Å². The Morgan fingerprint density at radius 1 is 1.18 bits per heavy atom. The highest BCUT2D eigenvalue weighted by molar-refractivity contribution is 5.96. The van der Waals surface area contributed by atoms with E-state index < -0.39 is 35.3 Å². The minimum absolute atomic E-state index is 0.104. The van der Waals surface area contributed by atoms with Crippen LogP contribution in [0, 0.1) is 5.92 Å². The van der Waals surface area contributed by atoms with Gasteiger partial charge in [0.1, 0.15) is 23.2 Å². The van der Waals surface area contributed by atoms with Crippen molar-refractivity contribution in [1.82, 2.24) is 15.5 Å². The molecular weight excluding hydrogens is 438 g/mol. The van der Waals surface area contributed by atoms with Gasteiger partial charge >= 0.3 is 12.1 Å². The van der Waals surface area contributed by atoms with Crippen LogP contribution in [0.5, 0.6) is 0 Å². The minimum Gasteiger partial charge on any atom is -0.464 e. The Balaban J connectivity index is 1.81. The molecule has 1 saturated heterocycles. The third-order valence-electron chi connectivity index (χ3n) is 6.56. The first-order valence-electron chi connectivity index (χ1n) is 12.5. The highest BCUT2D eigenvalue weighted by atomic mass is 16.6. The molecule has 3 aliphatic rings. The van der Waals surface area contributed by atoms with E-state index in [1.165, 1.54) is 0 Å². The quantitative estimate of drug-likeness (QED) is 0.477. The first kappa shape index (κ1) is 26.0. The van der Waals surface area contributed by atoms with Gasteiger partial charge in [0.2, 0.25) is 11.8 Å². The number of allylic oxidation sites excluding steroid dienone is 1. The van der Waals surface area contributed by atoms with Crippen molar-refractivity contribution < 1.29 is 28.7 Å². The zero-order chi connectivity index (χ0) is 24.9. The maximum Gasteiger partial charge on any atom is 0.408 e. The van der Waals surface area contributed by atoms with Crippen molar-refractivity contribution >= 4 is 23.9 Å². The highest BCUT2D eigenvalue weighted by Crippen LogP contribution is 2.46. The summed E-state index contributed by atoms with van der Waals surface area (Å²) in [4.78, 5) is 53.5. The van der Waals surface area contributed by atoms with Gasteiger partial charge in [0.15, 0.2) is 0 Å². The molecule has 3 amide bonds. The molecule has 0 aromatic carbocycles. The number of amides is 3. The predicted octanol–water partition coefficient (Wildman–Crippen LogP) is 2.83. The zero-order valence-electron chi connectivity index (χ0n) is 20.9. The Bertz CT molecular complexity index is 820. The van der Waals surface area contributed by atoms with Crippen molar-refractivity contribution in [1.29, 1.82) is 0 Å². The second kappa shape index (κ2) is 10.8. The topological polar surface area (TPSA) is 114 Å². The fraction of sp³-hybridized carbons (Fsp3) is 0.760. The number of hydrogen-bond acceptors (Lipinski definition) is 6. The van der Waals surface area contributed by atoms with Crippen LogP contribution in [0.2, 0.25) is 0 Å². The maximum atomic E-state index is 13.5. The molecule has 2 N–H and O–H groups in total. The van der Waals surface area contributed by atoms with Gasteiger partial charge in [0.25, 0.3) is 0 Å². The van der Waals surface area contributed by atoms with Crippen molar-refractivity contribution in [2.75, 3.05) is 13.2 Å². The lowest BCUT2D eigenvalue weighted by atomic mass is 10.0. The molecule has 0 aromatic heterocycles. The van der Waals surface area contributed by atoms with E-state index >= 15 is 0 Å². The van der Waals surface area contributed by atoms with Gasteiger partial charge in [0, 0.05) is 12.5 Å². The molecule has 9 heteroatoms. The fourth-order valence-electron chi connectivity index (χ4n) is 4.77. The van der Waals surface area contributed by atoms with Crippen molar-refractivity contribution in [2.45, 2.75) is 102 Å². The van der Waals surface area contributed by atoms with E-state index in [1.807, 2.05) is 6.08 Å². The van der Waals surface area contributed by atoms with Crippen LogP contribution < -0.4 is 10.6 Å². The molecule has 190 valence electrons. The molecule has 34 heavy (non-hydrogen) atoms. The first-order chi connectivity index (χ1) is 16.1. The molecule has 0 aromatic rings. The number of nitrogens with zero attached hydrogens (tertiary/aromatic N) is 1. The normalized spacial score (nSPS) is 31.2. The van der Waals surface area contributed by atoms with Gasteiger partial charge in [-0.25, -0.2) is 9.59 Å². The van der Waals surface area contributed by atoms with E-state index in [2.05, 4.69) is 16.7 Å². The van der Waals surface area contributed by atoms with Gasteiger partial charge in [-0.05, 0) is 66.2 Å². The van der Waals surface area contributed by atoms with E-state index in [-0.39, 0.29) is 24.3 Å². The average Bonchev–Trinajstić information content (AvgIpc) is 3.21. The number of carbonyl (C=O) groups excluding carboxylic acids is 4. The van der Waals surface area contributed by atoms with Crippen molar-refractivity contribution in [3.8, 4) is 0 Å². The SMILES string of the molecule is CCOC(=O)C12C[C@H]1/C=C\CCCCC[C@H](NC(=O)OC(C)(C)C)C(=O)N1CCC[C@H]1C(=O)N2. The lowest BCUT2D eigenvalue weighted by Gasteiger charge is -2.30. The number of carbonyl (C=O) groups is 4. The average molecular weight is 478 g/mol. The highest BCUT2D eigenvalue weighted by Gasteiger charge is 2.62. The summed E-state index contributed by atoms with van der Waals surface area (Å²) in [6.07, 6.45) is 9.02. The first-order valence-corrected chi connectivity index (χ1v) is 12.5. The lowest BCUT2D eigenvalue weighted by Crippen LogP contribution is -2.56. The van der Waals surface area contributed by atoms with Crippen LogP contribution in [0.4, 0.5) is 4.79 Å². The van der Waals surface area contributed by atoms with Crippen LogP contribution in [0.3, 0.4) is 0 Å². The number of nitrogens with one attached hydrogen (secondary N) is 2. The summed E-state index contributed by atoms with van der Waals surface area (Å²) in [5, 5.41) is 5.66. The maximum absolute atomic E-state index is 13.5. The smallest absolute Gasteiger partial charge is 0.408 e. The monoisotopic (exact) mass is 477 g/mol. The number of hydrogen-bond donors (Lipinski definition) is 2. The van der Waals surface area contributed by atoms with E-state index in [4.69, 9.17) is 9.47 Å². The Morgan fingerprint density at radius 3 is 2.65 bits per heavy atom. The molecule has 2 fully saturated rings. The van der Waals surface area contributed by atoms with E-state index in [0.717, 1.165) is 25.7 Å². The third kappa shape index (κ3) is 6.30. The predicted molar refractivity (Wildman–Crippen MR) is 126 cm³/mol. The molecule has 2 heterocycles. The Labute approximate surface area is 202 Å². The van der Waals surface area contributed by atoms with Gasteiger partial charge in [0.05, 0.1) is 6.61 Å². The molecule has 3 rings (SSSR count). The molecule has 0 radical (unpaired) electrons. The summed E-state index contributed by atoms with van der Waals surface area (Å²) < 4.78 is 10.6. The third-order valence-corrected chi connectivity index (χ3v) is 6.56. The minimum atomic E-state index is -1.06. The van der Waals surface area contributed by atoms with Gasteiger partial charge in [-0.15, -0.1) is 0 Å². The summed E-state index contributed by atoms with van der Waals surface area (Å²) in [7, 11) is 0. The summed E-state index contributed by atoms with van der Waals surface area (Å²) in [6.45, 7) is 7.71. The van der Waals surface area contributed by atoms with Gasteiger partial charge in [-0.2, -0.15) is 0 Å². The van der Waals surface area contributed by atoms with Crippen LogP contribution >= 0.6 is 0 Å². The Hall–Kier alpha value is -2.58. The summed E-state index contributed by atoms with van der Waals surface area (Å²) in [5.41, 5.74) is -1.74. The van der Waals surface area contributed by atoms with E-state index in [9.17, 15) is 19.2 Å². The van der Waals surface area contributed by atoms with Crippen LogP contribution in [-0.4, -0.2) is 65.2 Å². The van der Waals surface area contributed by atoms with Crippen molar-refractivity contribution in [3.05, 3.63) is 12.2 Å². The molecule has 4 atom stereocenters. The number of fused-ring (bicyclic) bond motifs is 2. The molecular formula is C25H39N3O6. The largest absolute Gasteiger partial charge is 0.464 e. The molecule has 2 aliphatic heterocycles. The summed E-state index contributed by atoms with van der Waals surface area (Å²) in [6, 6.07) is -1.45. The second-order valence-corrected chi connectivity index (χ2v) is 10.4. The fourth-order valence-corrected chi connectivity index (χ4v) is 4.77. The lowest BCUT2D eigenvalue weighted by molar-refractivity contribution is -0.150.